The molecule has 0 atom stereocenters. The van der Waals surface area contributed by atoms with Gasteiger partial charge in [-0.15, -0.1) is 17.9 Å². The summed E-state index contributed by atoms with van der Waals surface area (Å²) < 4.78 is 10.9. The lowest BCUT2D eigenvalue weighted by Gasteiger charge is -2.34. The molecule has 1 fully saturated rings. The normalized spacial score (nSPS) is 14.2. The van der Waals surface area contributed by atoms with Gasteiger partial charge in [0.1, 0.15) is 0 Å². The molecule has 7 heteroatoms. The molecule has 1 aromatic heterocycles. The van der Waals surface area contributed by atoms with Crippen LogP contribution in [-0.2, 0) is 6.42 Å². The standard InChI is InChI=1S/C19H23N3O3S/c1-4-5-14-12-15(13-16(24-2)17(14)25-3)18(23)21-7-9-22(10-8-21)19-20-6-11-26-19/h4,6,11-13H,1,5,7-10H2,2-3H3. The Bertz CT molecular complexity index is 769. The number of hydrogen-bond acceptors (Lipinski definition) is 6. The maximum absolute atomic E-state index is 13.0. The highest BCUT2D eigenvalue weighted by Gasteiger charge is 2.25. The predicted molar refractivity (Wildman–Crippen MR) is 104 cm³/mol. The Balaban J connectivity index is 1.77. The third kappa shape index (κ3) is 3.67. The van der Waals surface area contributed by atoms with Gasteiger partial charge >= 0.3 is 0 Å². The van der Waals surface area contributed by atoms with Gasteiger partial charge in [-0.1, -0.05) is 6.08 Å². The maximum Gasteiger partial charge on any atom is 0.254 e. The van der Waals surface area contributed by atoms with Crippen molar-refractivity contribution in [1.82, 2.24) is 9.88 Å². The van der Waals surface area contributed by atoms with E-state index in [2.05, 4.69) is 16.5 Å². The summed E-state index contributed by atoms with van der Waals surface area (Å²) in [5.74, 6) is 1.23. The van der Waals surface area contributed by atoms with Crippen LogP contribution in [0.4, 0.5) is 5.13 Å². The second kappa shape index (κ2) is 8.23. The topological polar surface area (TPSA) is 54.9 Å². The van der Waals surface area contributed by atoms with E-state index in [1.807, 2.05) is 22.5 Å². The Morgan fingerprint density at radius 1 is 1.27 bits per heavy atom. The fourth-order valence-corrected chi connectivity index (χ4v) is 3.83. The highest BCUT2D eigenvalue weighted by Crippen LogP contribution is 2.33. The van der Waals surface area contributed by atoms with Gasteiger partial charge in [-0.2, -0.15) is 0 Å². The second-order valence-corrected chi connectivity index (χ2v) is 6.83. The Hall–Kier alpha value is -2.54. The SMILES string of the molecule is C=CCc1cc(C(=O)N2CCN(c3nccs3)CC2)cc(OC)c1OC. The monoisotopic (exact) mass is 373 g/mol. The molecule has 2 aromatic rings. The van der Waals surface area contributed by atoms with Crippen LogP contribution in [0.1, 0.15) is 15.9 Å². The van der Waals surface area contributed by atoms with E-state index in [0.29, 0.717) is 36.6 Å². The van der Waals surface area contributed by atoms with Crippen LogP contribution in [0.3, 0.4) is 0 Å². The van der Waals surface area contributed by atoms with Crippen molar-refractivity contribution in [1.29, 1.82) is 0 Å². The summed E-state index contributed by atoms with van der Waals surface area (Å²) in [5.41, 5.74) is 1.51. The third-order valence-electron chi connectivity index (χ3n) is 4.42. The van der Waals surface area contributed by atoms with Crippen LogP contribution in [0.2, 0.25) is 0 Å². The van der Waals surface area contributed by atoms with Crippen LogP contribution < -0.4 is 14.4 Å². The summed E-state index contributed by atoms with van der Waals surface area (Å²) in [6.45, 7) is 6.69. The van der Waals surface area contributed by atoms with E-state index < -0.39 is 0 Å². The molecule has 26 heavy (non-hydrogen) atoms. The van der Waals surface area contributed by atoms with Crippen molar-refractivity contribution in [2.45, 2.75) is 6.42 Å². The first-order chi connectivity index (χ1) is 12.7. The van der Waals surface area contributed by atoms with Crippen LogP contribution in [0.25, 0.3) is 0 Å². The molecule has 1 aromatic carbocycles. The highest BCUT2D eigenvalue weighted by atomic mass is 32.1. The molecule has 1 amide bonds. The van der Waals surface area contributed by atoms with E-state index in [0.717, 1.165) is 23.8 Å². The molecular formula is C19H23N3O3S. The van der Waals surface area contributed by atoms with E-state index in [9.17, 15) is 4.79 Å². The molecule has 0 aliphatic carbocycles. The lowest BCUT2D eigenvalue weighted by atomic mass is 10.0. The Morgan fingerprint density at radius 3 is 2.62 bits per heavy atom. The van der Waals surface area contributed by atoms with E-state index in [1.165, 1.54) is 0 Å². The molecule has 138 valence electrons. The molecule has 0 bridgehead atoms. The van der Waals surface area contributed by atoms with Crippen molar-refractivity contribution in [2.75, 3.05) is 45.3 Å². The quantitative estimate of drug-likeness (QED) is 0.729. The summed E-state index contributed by atoms with van der Waals surface area (Å²) in [5, 5.41) is 2.98. The second-order valence-electron chi connectivity index (χ2n) is 5.96. The van der Waals surface area contributed by atoms with Gasteiger partial charge in [0.15, 0.2) is 16.6 Å². The smallest absolute Gasteiger partial charge is 0.254 e. The third-order valence-corrected chi connectivity index (χ3v) is 5.26. The Kier molecular flexibility index (Phi) is 5.78. The molecule has 1 saturated heterocycles. The van der Waals surface area contributed by atoms with Crippen LogP contribution in [-0.4, -0.2) is 56.2 Å². The largest absolute Gasteiger partial charge is 0.493 e. The first kappa shape index (κ1) is 18.3. The van der Waals surface area contributed by atoms with Crippen LogP contribution in [0.5, 0.6) is 11.5 Å². The molecule has 0 spiro atoms. The zero-order chi connectivity index (χ0) is 18.5. The van der Waals surface area contributed by atoms with Gasteiger partial charge < -0.3 is 19.3 Å². The number of benzene rings is 1. The van der Waals surface area contributed by atoms with Crippen molar-refractivity contribution in [3.63, 3.8) is 0 Å². The van der Waals surface area contributed by atoms with Gasteiger partial charge in [0, 0.05) is 48.9 Å². The minimum absolute atomic E-state index is 0.00931. The molecule has 1 aliphatic heterocycles. The summed E-state index contributed by atoms with van der Waals surface area (Å²) in [4.78, 5) is 21.4. The minimum Gasteiger partial charge on any atom is -0.493 e. The fourth-order valence-electron chi connectivity index (χ4n) is 3.13. The lowest BCUT2D eigenvalue weighted by Crippen LogP contribution is -2.48. The molecule has 0 N–H and O–H groups in total. The number of anilines is 1. The summed E-state index contributed by atoms with van der Waals surface area (Å²) >= 11 is 1.62. The number of carbonyl (C=O) groups is 1. The van der Waals surface area contributed by atoms with Crippen LogP contribution in [0.15, 0.2) is 36.4 Å². The van der Waals surface area contributed by atoms with Crippen molar-refractivity contribution >= 4 is 22.4 Å². The van der Waals surface area contributed by atoms with E-state index in [4.69, 9.17) is 9.47 Å². The van der Waals surface area contributed by atoms with Crippen molar-refractivity contribution in [2.24, 2.45) is 0 Å². The average Bonchev–Trinajstić information content (AvgIpc) is 3.22. The number of aromatic nitrogens is 1. The molecule has 0 unspecified atom stereocenters. The fraction of sp³-hybridized carbons (Fsp3) is 0.368. The summed E-state index contributed by atoms with van der Waals surface area (Å²) in [6, 6.07) is 3.62. The van der Waals surface area contributed by atoms with Gasteiger partial charge in [-0.05, 0) is 18.6 Å². The van der Waals surface area contributed by atoms with Gasteiger partial charge in [0.25, 0.3) is 5.91 Å². The van der Waals surface area contributed by atoms with E-state index in [1.54, 1.807) is 37.7 Å². The number of methoxy groups -OCH3 is 2. The zero-order valence-electron chi connectivity index (χ0n) is 15.1. The molecule has 0 saturated carbocycles. The number of rotatable bonds is 6. The molecule has 3 rings (SSSR count). The Morgan fingerprint density at radius 2 is 2.04 bits per heavy atom. The van der Waals surface area contributed by atoms with Gasteiger partial charge in [0.05, 0.1) is 14.2 Å². The number of amides is 1. The first-order valence-electron chi connectivity index (χ1n) is 8.47. The van der Waals surface area contributed by atoms with Gasteiger partial charge in [-0.3, -0.25) is 4.79 Å². The van der Waals surface area contributed by atoms with Gasteiger partial charge in [0.2, 0.25) is 0 Å². The zero-order valence-corrected chi connectivity index (χ0v) is 15.9. The maximum atomic E-state index is 13.0. The average molecular weight is 373 g/mol. The predicted octanol–water partition coefficient (Wildman–Crippen LogP) is 2.85. The molecular weight excluding hydrogens is 350 g/mol. The van der Waals surface area contributed by atoms with Gasteiger partial charge in [-0.25, -0.2) is 4.98 Å². The molecule has 1 aliphatic rings. The Labute approximate surface area is 157 Å². The molecule has 6 nitrogen and oxygen atoms in total. The minimum atomic E-state index is 0.00931. The summed E-state index contributed by atoms with van der Waals surface area (Å²) in [7, 11) is 3.18. The van der Waals surface area contributed by atoms with Crippen LogP contribution in [0, 0.1) is 0 Å². The van der Waals surface area contributed by atoms with E-state index >= 15 is 0 Å². The van der Waals surface area contributed by atoms with E-state index in [-0.39, 0.29) is 5.91 Å². The highest BCUT2D eigenvalue weighted by molar-refractivity contribution is 7.13. The number of thiazole rings is 1. The number of nitrogens with zero attached hydrogens (tertiary/aromatic N) is 3. The first-order valence-corrected chi connectivity index (χ1v) is 9.35. The van der Waals surface area contributed by atoms with Crippen molar-refractivity contribution < 1.29 is 14.3 Å². The number of piperazine rings is 1. The van der Waals surface area contributed by atoms with Crippen LogP contribution >= 0.6 is 11.3 Å². The number of hydrogen-bond donors (Lipinski definition) is 0. The van der Waals surface area contributed by atoms with Crippen molar-refractivity contribution in [3.05, 3.63) is 47.5 Å². The lowest BCUT2D eigenvalue weighted by molar-refractivity contribution is 0.0746. The number of carbonyl (C=O) groups excluding carboxylic acids is 1. The summed E-state index contributed by atoms with van der Waals surface area (Å²) in [6.07, 6.45) is 4.21. The van der Waals surface area contributed by atoms with Crippen molar-refractivity contribution in [3.8, 4) is 11.5 Å². The number of ether oxygens (including phenoxy) is 2. The molecule has 2 heterocycles. The number of allylic oxidation sites excluding steroid dienone is 1. The molecule has 0 radical (unpaired) electrons.